The highest BCUT2D eigenvalue weighted by molar-refractivity contribution is 7.11. The first-order valence-corrected chi connectivity index (χ1v) is 8.91. The van der Waals surface area contributed by atoms with Gasteiger partial charge >= 0.3 is 0 Å². The van der Waals surface area contributed by atoms with Crippen LogP contribution in [0.15, 0.2) is 17.1 Å². The summed E-state index contributed by atoms with van der Waals surface area (Å²) in [6, 6.07) is 4.70. The third-order valence-corrected chi connectivity index (χ3v) is 5.03. The summed E-state index contributed by atoms with van der Waals surface area (Å²) >= 11 is 1.85. The Morgan fingerprint density at radius 3 is 3.04 bits per heavy atom. The van der Waals surface area contributed by atoms with E-state index in [2.05, 4.69) is 56.4 Å². The molecule has 23 heavy (non-hydrogen) atoms. The SMILES string of the molecule is CN=C(NCc1nnc2n1CCC2)NC(C)Cc1ccc(C)s1. The van der Waals surface area contributed by atoms with Gasteiger partial charge in [0.05, 0.1) is 6.54 Å². The summed E-state index contributed by atoms with van der Waals surface area (Å²) in [5.74, 6) is 2.90. The average Bonchev–Trinajstić information content (AvgIpc) is 3.21. The van der Waals surface area contributed by atoms with Crippen LogP contribution in [0.25, 0.3) is 0 Å². The molecule has 2 N–H and O–H groups in total. The molecule has 0 saturated carbocycles. The molecule has 0 aromatic carbocycles. The minimum absolute atomic E-state index is 0.323. The van der Waals surface area contributed by atoms with Crippen molar-refractivity contribution in [3.05, 3.63) is 33.5 Å². The minimum atomic E-state index is 0.323. The predicted octanol–water partition coefficient (Wildman–Crippen LogP) is 1.89. The maximum absolute atomic E-state index is 4.31. The summed E-state index contributed by atoms with van der Waals surface area (Å²) in [7, 11) is 1.80. The molecule has 0 radical (unpaired) electrons. The summed E-state index contributed by atoms with van der Waals surface area (Å²) < 4.78 is 2.21. The van der Waals surface area contributed by atoms with E-state index in [0.717, 1.165) is 37.0 Å². The van der Waals surface area contributed by atoms with Gasteiger partial charge in [-0.15, -0.1) is 21.5 Å². The summed E-state index contributed by atoms with van der Waals surface area (Å²) in [4.78, 5) is 7.06. The Kier molecular flexibility index (Phi) is 4.95. The van der Waals surface area contributed by atoms with Crippen molar-refractivity contribution in [2.24, 2.45) is 4.99 Å². The van der Waals surface area contributed by atoms with Gasteiger partial charge in [-0.05, 0) is 32.4 Å². The molecule has 1 atom stereocenters. The van der Waals surface area contributed by atoms with Crippen molar-refractivity contribution >= 4 is 17.3 Å². The molecule has 2 aromatic heterocycles. The first-order valence-electron chi connectivity index (χ1n) is 8.09. The lowest BCUT2D eigenvalue weighted by atomic mass is 10.2. The number of guanidine groups is 1. The van der Waals surface area contributed by atoms with Gasteiger partial charge < -0.3 is 15.2 Å². The average molecular weight is 332 g/mol. The van der Waals surface area contributed by atoms with Crippen LogP contribution in [0.4, 0.5) is 0 Å². The van der Waals surface area contributed by atoms with Gasteiger partial charge in [-0.1, -0.05) is 0 Å². The van der Waals surface area contributed by atoms with E-state index in [-0.39, 0.29) is 0 Å². The largest absolute Gasteiger partial charge is 0.354 e. The first kappa shape index (κ1) is 16.0. The number of fused-ring (bicyclic) bond motifs is 1. The van der Waals surface area contributed by atoms with E-state index < -0.39 is 0 Å². The second-order valence-electron chi connectivity index (χ2n) is 5.98. The van der Waals surface area contributed by atoms with E-state index in [1.54, 1.807) is 7.05 Å². The topological polar surface area (TPSA) is 67.1 Å². The van der Waals surface area contributed by atoms with Crippen LogP contribution in [0.2, 0.25) is 0 Å². The fourth-order valence-corrected chi connectivity index (χ4v) is 3.90. The Morgan fingerprint density at radius 1 is 1.43 bits per heavy atom. The Labute approximate surface area is 141 Å². The van der Waals surface area contributed by atoms with Gasteiger partial charge in [0.15, 0.2) is 11.8 Å². The second-order valence-corrected chi connectivity index (χ2v) is 7.35. The summed E-state index contributed by atoms with van der Waals surface area (Å²) in [6.07, 6.45) is 3.21. The number of hydrogen-bond acceptors (Lipinski definition) is 4. The highest BCUT2D eigenvalue weighted by Gasteiger charge is 2.17. The summed E-state index contributed by atoms with van der Waals surface area (Å²) in [6.45, 7) is 6.00. The number of nitrogens with zero attached hydrogens (tertiary/aromatic N) is 4. The van der Waals surface area contributed by atoms with Crippen LogP contribution in [0.1, 0.15) is 34.7 Å². The quantitative estimate of drug-likeness (QED) is 0.648. The van der Waals surface area contributed by atoms with Gasteiger partial charge in [0.1, 0.15) is 5.82 Å². The van der Waals surface area contributed by atoms with E-state index in [4.69, 9.17) is 0 Å². The number of aromatic nitrogens is 3. The second kappa shape index (κ2) is 7.12. The monoisotopic (exact) mass is 332 g/mol. The van der Waals surface area contributed by atoms with Gasteiger partial charge in [0, 0.05) is 42.2 Å². The van der Waals surface area contributed by atoms with Crippen LogP contribution in [0.3, 0.4) is 0 Å². The van der Waals surface area contributed by atoms with Crippen molar-refractivity contribution in [2.45, 2.75) is 52.2 Å². The molecule has 0 amide bonds. The van der Waals surface area contributed by atoms with Crippen molar-refractivity contribution < 1.29 is 0 Å². The Balaban J connectivity index is 1.51. The van der Waals surface area contributed by atoms with Crippen LogP contribution >= 0.6 is 11.3 Å². The van der Waals surface area contributed by atoms with Crippen molar-refractivity contribution in [1.29, 1.82) is 0 Å². The Morgan fingerprint density at radius 2 is 2.30 bits per heavy atom. The molecule has 6 nitrogen and oxygen atoms in total. The highest BCUT2D eigenvalue weighted by atomic mass is 32.1. The van der Waals surface area contributed by atoms with Gasteiger partial charge in [-0.2, -0.15) is 0 Å². The lowest BCUT2D eigenvalue weighted by Crippen LogP contribution is -2.43. The van der Waals surface area contributed by atoms with E-state index in [1.807, 2.05) is 11.3 Å². The molecule has 2 aromatic rings. The molecule has 0 spiro atoms. The normalized spacial score (nSPS) is 15.5. The molecule has 0 aliphatic carbocycles. The number of aryl methyl sites for hydroxylation is 2. The zero-order chi connectivity index (χ0) is 16.2. The van der Waals surface area contributed by atoms with E-state index >= 15 is 0 Å². The smallest absolute Gasteiger partial charge is 0.191 e. The van der Waals surface area contributed by atoms with Gasteiger partial charge in [0.25, 0.3) is 0 Å². The summed E-state index contributed by atoms with van der Waals surface area (Å²) in [5.41, 5.74) is 0. The summed E-state index contributed by atoms with van der Waals surface area (Å²) in [5, 5.41) is 15.3. The standard InChI is InChI=1S/C16H24N6S/c1-11(9-13-7-6-12(2)23-13)19-16(17-3)18-10-15-21-20-14-5-4-8-22(14)15/h6-7,11H,4-5,8-10H2,1-3H3,(H2,17,18,19). The zero-order valence-electron chi connectivity index (χ0n) is 14.0. The van der Waals surface area contributed by atoms with Gasteiger partial charge in [-0.3, -0.25) is 4.99 Å². The lowest BCUT2D eigenvalue weighted by Gasteiger charge is -2.17. The third-order valence-electron chi connectivity index (χ3n) is 4.01. The Bertz CT molecular complexity index is 687. The first-order chi connectivity index (χ1) is 11.2. The predicted molar refractivity (Wildman–Crippen MR) is 93.9 cm³/mol. The number of thiophene rings is 1. The molecule has 124 valence electrons. The van der Waals surface area contributed by atoms with Crippen molar-refractivity contribution in [3.63, 3.8) is 0 Å². The van der Waals surface area contributed by atoms with Gasteiger partial charge in [0.2, 0.25) is 0 Å². The minimum Gasteiger partial charge on any atom is -0.354 e. The zero-order valence-corrected chi connectivity index (χ0v) is 14.8. The van der Waals surface area contributed by atoms with E-state index in [0.29, 0.717) is 12.6 Å². The number of rotatable bonds is 5. The number of nitrogens with one attached hydrogen (secondary N) is 2. The number of aliphatic imine (C=N–C) groups is 1. The maximum atomic E-state index is 4.31. The molecule has 0 bridgehead atoms. The van der Waals surface area contributed by atoms with Crippen LogP contribution < -0.4 is 10.6 Å². The molecule has 3 heterocycles. The molecule has 3 rings (SSSR count). The van der Waals surface area contributed by atoms with Crippen molar-refractivity contribution in [3.8, 4) is 0 Å². The fourth-order valence-electron chi connectivity index (χ4n) is 2.88. The van der Waals surface area contributed by atoms with Crippen LogP contribution in [0.5, 0.6) is 0 Å². The number of hydrogen-bond donors (Lipinski definition) is 2. The fraction of sp³-hybridized carbons (Fsp3) is 0.562. The van der Waals surface area contributed by atoms with Crippen LogP contribution in [-0.4, -0.2) is 33.8 Å². The lowest BCUT2D eigenvalue weighted by molar-refractivity contribution is 0.627. The van der Waals surface area contributed by atoms with E-state index in [1.165, 1.54) is 16.2 Å². The molecule has 1 aliphatic heterocycles. The van der Waals surface area contributed by atoms with Crippen molar-refractivity contribution in [2.75, 3.05) is 7.05 Å². The molecule has 0 saturated heterocycles. The van der Waals surface area contributed by atoms with Crippen LogP contribution in [-0.2, 0) is 25.9 Å². The third kappa shape index (κ3) is 3.90. The molecule has 0 fully saturated rings. The van der Waals surface area contributed by atoms with Crippen molar-refractivity contribution in [1.82, 2.24) is 25.4 Å². The molecule has 1 unspecified atom stereocenters. The van der Waals surface area contributed by atoms with E-state index in [9.17, 15) is 0 Å². The maximum Gasteiger partial charge on any atom is 0.191 e. The molecular formula is C16H24N6S. The molecule has 1 aliphatic rings. The molecular weight excluding hydrogens is 308 g/mol. The molecule has 7 heteroatoms. The Hall–Kier alpha value is -1.89. The van der Waals surface area contributed by atoms with Crippen LogP contribution in [0, 0.1) is 6.92 Å². The highest BCUT2D eigenvalue weighted by Crippen LogP contribution is 2.16. The van der Waals surface area contributed by atoms with Gasteiger partial charge in [-0.25, -0.2) is 0 Å².